The number of aromatic hydroxyl groups is 1. The van der Waals surface area contributed by atoms with Crippen molar-refractivity contribution in [2.75, 3.05) is 12.4 Å². The molecule has 0 bridgehead atoms. The van der Waals surface area contributed by atoms with Gasteiger partial charge in [0.25, 0.3) is 5.91 Å². The van der Waals surface area contributed by atoms with Crippen molar-refractivity contribution in [1.82, 2.24) is 4.90 Å². The SMILES string of the molecule is CC[C@H](C)N1C(=O)c2ccccc2N[C@H]1c1cc(Br)cc(OC)c1O. The highest BCUT2D eigenvalue weighted by molar-refractivity contribution is 9.10. The minimum Gasteiger partial charge on any atom is -0.504 e. The number of amides is 1. The number of benzene rings is 2. The highest BCUT2D eigenvalue weighted by Crippen LogP contribution is 2.42. The van der Waals surface area contributed by atoms with Crippen LogP contribution < -0.4 is 10.1 Å². The summed E-state index contributed by atoms with van der Waals surface area (Å²) in [6, 6.07) is 10.9. The van der Waals surface area contributed by atoms with Gasteiger partial charge in [0.2, 0.25) is 0 Å². The van der Waals surface area contributed by atoms with Crippen LogP contribution in [0.25, 0.3) is 0 Å². The molecule has 0 fully saturated rings. The average Bonchev–Trinajstić information content (AvgIpc) is 2.62. The molecule has 0 aliphatic carbocycles. The molecule has 0 aromatic heterocycles. The molecule has 2 N–H and O–H groups in total. The van der Waals surface area contributed by atoms with E-state index in [2.05, 4.69) is 21.2 Å². The van der Waals surface area contributed by atoms with Gasteiger partial charge in [-0.25, -0.2) is 0 Å². The number of hydrogen-bond donors (Lipinski definition) is 2. The lowest BCUT2D eigenvalue weighted by atomic mass is 10.00. The summed E-state index contributed by atoms with van der Waals surface area (Å²) in [6.45, 7) is 4.05. The third-order valence-corrected chi connectivity index (χ3v) is 5.07. The Kier molecular flexibility index (Phi) is 4.90. The van der Waals surface area contributed by atoms with E-state index in [1.165, 1.54) is 7.11 Å². The number of nitrogens with zero attached hydrogens (tertiary/aromatic N) is 1. The standard InChI is InChI=1S/C19H21BrN2O3/c1-4-11(2)22-18(14-9-12(20)10-16(25-3)17(14)23)21-15-8-6-5-7-13(15)19(22)24/h5-11,18,21,23H,4H2,1-3H3/t11-,18+/m0/s1. The summed E-state index contributed by atoms with van der Waals surface area (Å²) < 4.78 is 6.04. The molecule has 3 rings (SSSR count). The number of carbonyl (C=O) groups is 1. The maximum Gasteiger partial charge on any atom is 0.258 e. The van der Waals surface area contributed by atoms with Crippen LogP contribution >= 0.6 is 15.9 Å². The fourth-order valence-electron chi connectivity index (χ4n) is 3.11. The lowest BCUT2D eigenvalue weighted by molar-refractivity contribution is 0.0591. The summed E-state index contributed by atoms with van der Waals surface area (Å²) in [7, 11) is 1.51. The fraction of sp³-hybridized carbons (Fsp3) is 0.316. The van der Waals surface area contributed by atoms with Gasteiger partial charge in [0, 0.05) is 21.8 Å². The summed E-state index contributed by atoms with van der Waals surface area (Å²) >= 11 is 3.45. The first-order valence-corrected chi connectivity index (χ1v) is 9.01. The van der Waals surface area contributed by atoms with Gasteiger partial charge in [-0.1, -0.05) is 35.0 Å². The molecule has 0 unspecified atom stereocenters. The molecule has 1 aliphatic heterocycles. The Hall–Kier alpha value is -2.21. The van der Waals surface area contributed by atoms with E-state index < -0.39 is 6.17 Å². The second-order valence-electron chi connectivity index (χ2n) is 6.11. The predicted octanol–water partition coefficient (Wildman–Crippen LogP) is 4.53. The highest BCUT2D eigenvalue weighted by atomic mass is 79.9. The maximum absolute atomic E-state index is 13.1. The number of ether oxygens (including phenoxy) is 1. The average molecular weight is 405 g/mol. The number of phenolic OH excluding ortho intramolecular Hbond substituents is 1. The van der Waals surface area contributed by atoms with Gasteiger partial charge in [-0.15, -0.1) is 0 Å². The number of carbonyl (C=O) groups excluding carboxylic acids is 1. The van der Waals surface area contributed by atoms with Crippen molar-refractivity contribution in [2.45, 2.75) is 32.5 Å². The van der Waals surface area contributed by atoms with E-state index in [0.29, 0.717) is 16.9 Å². The third kappa shape index (κ3) is 3.06. The molecule has 1 heterocycles. The van der Waals surface area contributed by atoms with Gasteiger partial charge < -0.3 is 20.1 Å². The largest absolute Gasteiger partial charge is 0.504 e. The zero-order chi connectivity index (χ0) is 18.1. The predicted molar refractivity (Wildman–Crippen MR) is 101 cm³/mol. The topological polar surface area (TPSA) is 61.8 Å². The Balaban J connectivity index is 2.16. The van der Waals surface area contributed by atoms with Gasteiger partial charge in [0.1, 0.15) is 6.17 Å². The van der Waals surface area contributed by atoms with Crippen LogP contribution in [-0.2, 0) is 0 Å². The molecule has 0 saturated heterocycles. The van der Waals surface area contributed by atoms with Gasteiger partial charge in [-0.2, -0.15) is 0 Å². The summed E-state index contributed by atoms with van der Waals surface area (Å²) in [6.07, 6.45) is 0.321. The first kappa shape index (κ1) is 17.6. The summed E-state index contributed by atoms with van der Waals surface area (Å²) in [5, 5.41) is 14.0. The van der Waals surface area contributed by atoms with Crippen LogP contribution in [0.2, 0.25) is 0 Å². The lowest BCUT2D eigenvalue weighted by Crippen LogP contribution is -2.47. The summed E-state index contributed by atoms with van der Waals surface area (Å²) in [5.41, 5.74) is 1.99. The number of para-hydroxylation sites is 1. The number of halogens is 1. The van der Waals surface area contributed by atoms with Crippen molar-refractivity contribution in [1.29, 1.82) is 0 Å². The molecule has 2 aromatic rings. The number of methoxy groups -OCH3 is 1. The van der Waals surface area contributed by atoms with Gasteiger partial charge in [-0.3, -0.25) is 4.79 Å². The molecule has 25 heavy (non-hydrogen) atoms. The summed E-state index contributed by atoms with van der Waals surface area (Å²) in [5.74, 6) is 0.345. The van der Waals surface area contributed by atoms with Gasteiger partial charge in [0.05, 0.1) is 12.7 Å². The second-order valence-corrected chi connectivity index (χ2v) is 7.02. The van der Waals surface area contributed by atoms with Crippen molar-refractivity contribution in [3.05, 3.63) is 52.0 Å². The molecule has 0 spiro atoms. The van der Waals surface area contributed by atoms with E-state index in [1.54, 1.807) is 11.0 Å². The lowest BCUT2D eigenvalue weighted by Gasteiger charge is -2.41. The van der Waals surface area contributed by atoms with E-state index in [9.17, 15) is 9.90 Å². The van der Waals surface area contributed by atoms with Crippen molar-refractivity contribution in [2.24, 2.45) is 0 Å². The van der Waals surface area contributed by atoms with Crippen LogP contribution in [0.15, 0.2) is 40.9 Å². The third-order valence-electron chi connectivity index (χ3n) is 4.61. The molecule has 5 nitrogen and oxygen atoms in total. The van der Waals surface area contributed by atoms with E-state index in [1.807, 2.05) is 44.2 Å². The minimum atomic E-state index is -0.483. The molecular weight excluding hydrogens is 384 g/mol. The Morgan fingerprint density at radius 1 is 1.36 bits per heavy atom. The molecule has 1 aliphatic rings. The zero-order valence-corrected chi connectivity index (χ0v) is 16.0. The molecular formula is C19H21BrN2O3. The van der Waals surface area contributed by atoms with E-state index >= 15 is 0 Å². The first-order valence-electron chi connectivity index (χ1n) is 8.22. The number of phenols is 1. The van der Waals surface area contributed by atoms with E-state index in [-0.39, 0.29) is 17.7 Å². The normalized spacial score (nSPS) is 17.7. The Bertz CT molecular complexity index is 809. The van der Waals surface area contributed by atoms with Crippen molar-refractivity contribution in [3.63, 3.8) is 0 Å². The molecule has 2 aromatic carbocycles. The molecule has 132 valence electrons. The van der Waals surface area contributed by atoms with Gasteiger partial charge >= 0.3 is 0 Å². The minimum absolute atomic E-state index is 0.00253. The second kappa shape index (κ2) is 6.96. The Morgan fingerprint density at radius 2 is 2.08 bits per heavy atom. The molecule has 6 heteroatoms. The highest BCUT2D eigenvalue weighted by Gasteiger charge is 2.37. The smallest absolute Gasteiger partial charge is 0.258 e. The number of fused-ring (bicyclic) bond motifs is 1. The zero-order valence-electron chi connectivity index (χ0n) is 14.4. The van der Waals surface area contributed by atoms with Crippen LogP contribution in [0, 0.1) is 0 Å². The van der Waals surface area contributed by atoms with E-state index in [0.717, 1.165) is 16.6 Å². The monoisotopic (exact) mass is 404 g/mol. The number of hydrogen-bond acceptors (Lipinski definition) is 4. The first-order chi connectivity index (χ1) is 12.0. The number of rotatable bonds is 4. The number of nitrogens with one attached hydrogen (secondary N) is 1. The molecule has 2 atom stereocenters. The van der Waals surface area contributed by atoms with Crippen LogP contribution in [0.5, 0.6) is 11.5 Å². The summed E-state index contributed by atoms with van der Waals surface area (Å²) in [4.78, 5) is 14.9. The quantitative estimate of drug-likeness (QED) is 0.785. The molecule has 0 saturated carbocycles. The number of anilines is 1. The van der Waals surface area contributed by atoms with Gasteiger partial charge in [-0.05, 0) is 37.6 Å². The van der Waals surface area contributed by atoms with Crippen molar-refractivity contribution in [3.8, 4) is 11.5 Å². The van der Waals surface area contributed by atoms with Crippen LogP contribution in [0.1, 0.15) is 42.4 Å². The molecule has 1 amide bonds. The van der Waals surface area contributed by atoms with E-state index in [4.69, 9.17) is 4.74 Å². The molecule has 0 radical (unpaired) electrons. The Labute approximate surface area is 155 Å². The fourth-order valence-corrected chi connectivity index (χ4v) is 3.56. The van der Waals surface area contributed by atoms with Crippen LogP contribution in [0.3, 0.4) is 0 Å². The van der Waals surface area contributed by atoms with Crippen molar-refractivity contribution >= 4 is 27.5 Å². The van der Waals surface area contributed by atoms with Crippen LogP contribution in [0.4, 0.5) is 5.69 Å². The van der Waals surface area contributed by atoms with Crippen LogP contribution in [-0.4, -0.2) is 29.1 Å². The Morgan fingerprint density at radius 3 is 2.76 bits per heavy atom. The van der Waals surface area contributed by atoms with Gasteiger partial charge in [0.15, 0.2) is 11.5 Å². The van der Waals surface area contributed by atoms with Crippen molar-refractivity contribution < 1.29 is 14.6 Å². The maximum atomic E-state index is 13.1.